The van der Waals surface area contributed by atoms with E-state index in [1.165, 1.54) is 62.2 Å². The lowest BCUT2D eigenvalue weighted by molar-refractivity contribution is 0.0383. The van der Waals surface area contributed by atoms with Crippen LogP contribution >= 0.6 is 11.8 Å². The van der Waals surface area contributed by atoms with Crippen LogP contribution in [-0.4, -0.2) is 17.8 Å². The van der Waals surface area contributed by atoms with Crippen molar-refractivity contribution in [3.05, 3.63) is 24.3 Å². The number of piperidine rings is 1. The Morgan fingerprint density at radius 3 is 1.91 bits per heavy atom. The summed E-state index contributed by atoms with van der Waals surface area (Å²) >= 11 is 2.24. The van der Waals surface area contributed by atoms with Crippen molar-refractivity contribution in [2.45, 2.75) is 67.4 Å². The third-order valence-electron chi connectivity index (χ3n) is 6.87. The van der Waals surface area contributed by atoms with Gasteiger partial charge in [-0.25, -0.2) is 0 Å². The van der Waals surface area contributed by atoms with Crippen molar-refractivity contribution in [2.75, 3.05) is 18.0 Å². The van der Waals surface area contributed by atoms with Crippen LogP contribution in [0.4, 0.5) is 5.69 Å². The Kier molecular flexibility index (Phi) is 3.65. The Labute approximate surface area is 145 Å². The number of rotatable bonds is 3. The molecule has 0 unspecified atom stereocenters. The van der Waals surface area contributed by atoms with Gasteiger partial charge in [-0.3, -0.25) is 0 Å². The number of benzene rings is 1. The molecule has 5 aliphatic rings. The monoisotopic (exact) mass is 327 g/mol. The second-order valence-corrected chi connectivity index (χ2v) is 10.3. The molecule has 1 heterocycles. The third-order valence-corrected chi connectivity index (χ3v) is 8.32. The van der Waals surface area contributed by atoms with E-state index in [1.807, 2.05) is 0 Å². The molecule has 0 N–H and O–H groups in total. The Bertz CT molecular complexity index is 522. The summed E-state index contributed by atoms with van der Waals surface area (Å²) in [5.41, 5.74) is 1.44. The molecular weight excluding hydrogens is 298 g/mol. The molecule has 2 heteroatoms. The summed E-state index contributed by atoms with van der Waals surface area (Å²) in [6.45, 7) is 2.50. The fraction of sp³-hybridized carbons (Fsp3) is 0.714. The SMILES string of the molecule is c1cc(N2CCCCC2)ccc1SC12CC3CC(CC(C3)C1)C2. The second-order valence-electron chi connectivity index (χ2n) is 8.74. The molecule has 5 fully saturated rings. The van der Waals surface area contributed by atoms with Gasteiger partial charge in [0.15, 0.2) is 0 Å². The fourth-order valence-corrected chi connectivity index (χ4v) is 8.01. The lowest BCUT2D eigenvalue weighted by Crippen LogP contribution is -2.48. The first-order valence-corrected chi connectivity index (χ1v) is 10.6. The van der Waals surface area contributed by atoms with Crippen LogP contribution in [0, 0.1) is 17.8 Å². The van der Waals surface area contributed by atoms with Crippen LogP contribution in [0.25, 0.3) is 0 Å². The third kappa shape index (κ3) is 2.81. The van der Waals surface area contributed by atoms with E-state index >= 15 is 0 Å². The molecule has 23 heavy (non-hydrogen) atoms. The topological polar surface area (TPSA) is 3.24 Å². The molecule has 6 rings (SSSR count). The predicted molar refractivity (Wildman–Crippen MR) is 99.3 cm³/mol. The van der Waals surface area contributed by atoms with Crippen LogP contribution < -0.4 is 4.90 Å². The standard InChI is InChI=1S/C21H29NS/c1-2-8-22(9-3-1)19-4-6-20(7-5-19)23-21-13-16-10-17(14-21)12-18(11-16)15-21/h4-7,16-18H,1-3,8-15H2. The fourth-order valence-electron chi connectivity index (χ4n) is 6.28. The van der Waals surface area contributed by atoms with Crippen molar-refractivity contribution in [3.63, 3.8) is 0 Å². The van der Waals surface area contributed by atoms with Gasteiger partial charge in [0.05, 0.1) is 0 Å². The molecular formula is C21H29NS. The normalized spacial score (nSPS) is 39.0. The van der Waals surface area contributed by atoms with E-state index in [0.29, 0.717) is 4.75 Å². The molecule has 124 valence electrons. The zero-order chi connectivity index (χ0) is 15.3. The summed E-state index contributed by atoms with van der Waals surface area (Å²) in [6.07, 6.45) is 13.3. The van der Waals surface area contributed by atoms with E-state index in [2.05, 4.69) is 40.9 Å². The number of hydrogen-bond acceptors (Lipinski definition) is 2. The summed E-state index contributed by atoms with van der Waals surface area (Å²) < 4.78 is 0.599. The van der Waals surface area contributed by atoms with E-state index < -0.39 is 0 Å². The summed E-state index contributed by atoms with van der Waals surface area (Å²) in [7, 11) is 0. The first-order chi connectivity index (χ1) is 11.3. The van der Waals surface area contributed by atoms with Crippen LogP contribution in [-0.2, 0) is 0 Å². The predicted octanol–water partition coefficient (Wildman–Crippen LogP) is 5.74. The van der Waals surface area contributed by atoms with Gasteiger partial charge in [-0.05, 0) is 99.8 Å². The highest BCUT2D eigenvalue weighted by Gasteiger charge is 2.51. The van der Waals surface area contributed by atoms with E-state index in [4.69, 9.17) is 0 Å². The first-order valence-electron chi connectivity index (χ1n) is 9.82. The minimum atomic E-state index is 0.599. The van der Waals surface area contributed by atoms with Gasteiger partial charge in [0.2, 0.25) is 0 Å². The summed E-state index contributed by atoms with van der Waals surface area (Å²) in [6, 6.07) is 9.59. The summed E-state index contributed by atoms with van der Waals surface area (Å²) in [4.78, 5) is 4.09. The Balaban J connectivity index is 1.31. The molecule has 4 saturated carbocycles. The van der Waals surface area contributed by atoms with Crippen molar-refractivity contribution in [1.82, 2.24) is 0 Å². The lowest BCUT2D eigenvalue weighted by atomic mass is 9.56. The maximum atomic E-state index is 2.57. The molecule has 1 nitrogen and oxygen atoms in total. The van der Waals surface area contributed by atoms with Crippen molar-refractivity contribution in [3.8, 4) is 0 Å². The van der Waals surface area contributed by atoms with E-state index in [0.717, 1.165) is 17.8 Å². The largest absolute Gasteiger partial charge is 0.372 e. The quantitative estimate of drug-likeness (QED) is 0.696. The number of thioether (sulfide) groups is 1. The van der Waals surface area contributed by atoms with E-state index in [9.17, 15) is 0 Å². The first kappa shape index (κ1) is 14.7. The molecule has 1 aromatic rings. The zero-order valence-electron chi connectivity index (χ0n) is 14.2. The lowest BCUT2D eigenvalue weighted by Gasteiger charge is -2.56. The average molecular weight is 328 g/mol. The second kappa shape index (κ2) is 5.72. The highest BCUT2D eigenvalue weighted by atomic mass is 32.2. The van der Waals surface area contributed by atoms with Gasteiger partial charge in [-0.2, -0.15) is 0 Å². The molecule has 4 bridgehead atoms. The Morgan fingerprint density at radius 2 is 1.35 bits per heavy atom. The molecule has 4 aliphatic carbocycles. The molecule has 0 radical (unpaired) electrons. The maximum absolute atomic E-state index is 2.57. The maximum Gasteiger partial charge on any atom is 0.0366 e. The van der Waals surface area contributed by atoms with Gasteiger partial charge in [0.1, 0.15) is 0 Å². The van der Waals surface area contributed by atoms with Gasteiger partial charge in [0.25, 0.3) is 0 Å². The van der Waals surface area contributed by atoms with Gasteiger partial charge in [-0.15, -0.1) is 11.8 Å². The molecule has 1 aromatic carbocycles. The number of anilines is 1. The van der Waals surface area contributed by atoms with Crippen molar-refractivity contribution >= 4 is 17.4 Å². The minimum absolute atomic E-state index is 0.599. The Morgan fingerprint density at radius 1 is 0.783 bits per heavy atom. The molecule has 0 atom stereocenters. The Hall–Kier alpha value is -0.630. The van der Waals surface area contributed by atoms with Crippen LogP contribution in [0.1, 0.15) is 57.8 Å². The summed E-state index contributed by atoms with van der Waals surface area (Å²) in [5.74, 6) is 3.17. The molecule has 0 spiro atoms. The van der Waals surface area contributed by atoms with Gasteiger partial charge in [-0.1, -0.05) is 0 Å². The van der Waals surface area contributed by atoms with Crippen LogP contribution in [0.3, 0.4) is 0 Å². The average Bonchev–Trinajstić information content (AvgIpc) is 2.55. The highest BCUT2D eigenvalue weighted by Crippen LogP contribution is 2.61. The number of nitrogens with zero attached hydrogens (tertiary/aromatic N) is 1. The molecule has 1 aliphatic heterocycles. The van der Waals surface area contributed by atoms with Crippen molar-refractivity contribution in [1.29, 1.82) is 0 Å². The number of hydrogen-bond donors (Lipinski definition) is 0. The van der Waals surface area contributed by atoms with Crippen LogP contribution in [0.2, 0.25) is 0 Å². The van der Waals surface area contributed by atoms with Crippen LogP contribution in [0.15, 0.2) is 29.2 Å². The van der Waals surface area contributed by atoms with Gasteiger partial charge >= 0.3 is 0 Å². The molecule has 0 aromatic heterocycles. The van der Waals surface area contributed by atoms with E-state index in [-0.39, 0.29) is 0 Å². The minimum Gasteiger partial charge on any atom is -0.372 e. The van der Waals surface area contributed by atoms with Crippen molar-refractivity contribution < 1.29 is 0 Å². The van der Waals surface area contributed by atoms with Crippen molar-refractivity contribution in [2.24, 2.45) is 17.8 Å². The molecule has 0 amide bonds. The smallest absolute Gasteiger partial charge is 0.0366 e. The summed E-state index contributed by atoms with van der Waals surface area (Å²) in [5, 5.41) is 0. The molecule has 1 saturated heterocycles. The highest BCUT2D eigenvalue weighted by molar-refractivity contribution is 8.00. The van der Waals surface area contributed by atoms with Gasteiger partial charge in [0, 0.05) is 28.4 Å². The van der Waals surface area contributed by atoms with E-state index in [1.54, 1.807) is 19.3 Å². The zero-order valence-corrected chi connectivity index (χ0v) is 15.0. The van der Waals surface area contributed by atoms with Gasteiger partial charge < -0.3 is 4.90 Å². The van der Waals surface area contributed by atoms with Crippen LogP contribution in [0.5, 0.6) is 0 Å².